The fourth-order valence-electron chi connectivity index (χ4n) is 3.03. The summed E-state index contributed by atoms with van der Waals surface area (Å²) < 4.78 is 0. The van der Waals surface area contributed by atoms with Crippen LogP contribution >= 0.6 is 11.3 Å². The second kappa shape index (κ2) is 7.25. The molecule has 0 radical (unpaired) electrons. The zero-order valence-electron chi connectivity index (χ0n) is 13.3. The molecule has 2 rings (SSSR count). The highest BCUT2D eigenvalue weighted by molar-refractivity contribution is 7.17. The average Bonchev–Trinajstić information content (AvgIpc) is 3.05. The van der Waals surface area contributed by atoms with E-state index in [1.807, 2.05) is 0 Å². The lowest BCUT2D eigenvalue weighted by Gasteiger charge is -2.30. The van der Waals surface area contributed by atoms with Crippen LogP contribution in [-0.2, 0) is 6.42 Å². The molecular formula is C16H26N2O2S. The molecule has 0 atom stereocenters. The van der Waals surface area contributed by atoms with Gasteiger partial charge in [-0.3, -0.25) is 0 Å². The Hall–Kier alpha value is -1.10. The van der Waals surface area contributed by atoms with E-state index in [0.29, 0.717) is 16.8 Å². The summed E-state index contributed by atoms with van der Waals surface area (Å²) >= 11 is 1.36. The lowest BCUT2D eigenvalue weighted by Crippen LogP contribution is -2.36. The maximum atomic E-state index is 11.4. The van der Waals surface area contributed by atoms with Crippen LogP contribution in [0.4, 0.5) is 5.13 Å². The Morgan fingerprint density at radius 1 is 1.43 bits per heavy atom. The molecule has 1 aliphatic rings. The minimum absolute atomic E-state index is 0.429. The van der Waals surface area contributed by atoms with Crippen molar-refractivity contribution in [3.63, 3.8) is 0 Å². The van der Waals surface area contributed by atoms with Gasteiger partial charge in [0.2, 0.25) is 0 Å². The monoisotopic (exact) mass is 310 g/mol. The maximum Gasteiger partial charge on any atom is 0.347 e. The fourth-order valence-corrected chi connectivity index (χ4v) is 4.06. The normalized spacial score (nSPS) is 15.8. The number of hydrogen-bond acceptors (Lipinski definition) is 4. The number of anilines is 1. The van der Waals surface area contributed by atoms with Crippen LogP contribution in [0.15, 0.2) is 0 Å². The molecule has 5 heteroatoms. The van der Waals surface area contributed by atoms with Crippen LogP contribution in [0.25, 0.3) is 0 Å². The van der Waals surface area contributed by atoms with Gasteiger partial charge in [0, 0.05) is 12.6 Å². The first kappa shape index (κ1) is 16.3. The van der Waals surface area contributed by atoms with Crippen molar-refractivity contribution >= 4 is 22.4 Å². The number of nitrogens with zero attached hydrogens (tertiary/aromatic N) is 2. The van der Waals surface area contributed by atoms with Crippen molar-refractivity contribution in [2.45, 2.75) is 65.3 Å². The summed E-state index contributed by atoms with van der Waals surface area (Å²) in [6.45, 7) is 7.44. The molecule has 0 unspecified atom stereocenters. The number of carboxylic acid groups (broad SMARTS) is 1. The predicted octanol–water partition coefficient (Wildman–Crippen LogP) is 4.20. The number of aryl methyl sites for hydroxylation is 1. The first-order chi connectivity index (χ1) is 10.0. The highest BCUT2D eigenvalue weighted by atomic mass is 32.1. The van der Waals surface area contributed by atoms with E-state index in [-0.39, 0.29) is 0 Å². The Labute approximate surface area is 131 Å². The molecular weight excluding hydrogens is 284 g/mol. The van der Waals surface area contributed by atoms with Gasteiger partial charge >= 0.3 is 5.97 Å². The summed E-state index contributed by atoms with van der Waals surface area (Å²) in [6.07, 6.45) is 6.64. The van der Waals surface area contributed by atoms with E-state index in [9.17, 15) is 9.90 Å². The summed E-state index contributed by atoms with van der Waals surface area (Å²) in [5, 5.41) is 10.3. The van der Waals surface area contributed by atoms with E-state index in [1.165, 1.54) is 37.0 Å². The van der Waals surface area contributed by atoms with E-state index in [0.717, 1.165) is 30.2 Å². The first-order valence-corrected chi connectivity index (χ1v) is 8.84. The van der Waals surface area contributed by atoms with Gasteiger partial charge in [0.15, 0.2) is 5.13 Å². The van der Waals surface area contributed by atoms with Gasteiger partial charge in [0.1, 0.15) is 4.88 Å². The molecule has 4 nitrogen and oxygen atoms in total. The highest BCUT2D eigenvalue weighted by Gasteiger charge is 2.27. The van der Waals surface area contributed by atoms with E-state index < -0.39 is 5.97 Å². The van der Waals surface area contributed by atoms with Gasteiger partial charge in [0.25, 0.3) is 0 Å². The third kappa shape index (κ3) is 3.96. The van der Waals surface area contributed by atoms with Gasteiger partial charge in [-0.1, -0.05) is 51.4 Å². The van der Waals surface area contributed by atoms with Crippen LogP contribution < -0.4 is 4.90 Å². The molecule has 1 aromatic heterocycles. The topological polar surface area (TPSA) is 53.4 Å². The van der Waals surface area contributed by atoms with Crippen LogP contribution in [0.3, 0.4) is 0 Å². The second-order valence-electron chi connectivity index (χ2n) is 6.31. The molecule has 0 aromatic carbocycles. The first-order valence-electron chi connectivity index (χ1n) is 8.02. The molecule has 0 bridgehead atoms. The Morgan fingerprint density at radius 2 is 2.10 bits per heavy atom. The molecule has 0 aliphatic heterocycles. The molecule has 21 heavy (non-hydrogen) atoms. The number of thiazole rings is 1. The molecule has 1 saturated carbocycles. The van der Waals surface area contributed by atoms with Crippen LogP contribution in [0.5, 0.6) is 0 Å². The smallest absolute Gasteiger partial charge is 0.347 e. The molecule has 0 spiro atoms. The van der Waals surface area contributed by atoms with Crippen molar-refractivity contribution in [2.24, 2.45) is 5.92 Å². The Bertz CT molecular complexity index is 479. The average molecular weight is 310 g/mol. The lowest BCUT2D eigenvalue weighted by molar-refractivity contribution is 0.0700. The van der Waals surface area contributed by atoms with Gasteiger partial charge in [-0.25, -0.2) is 9.78 Å². The van der Waals surface area contributed by atoms with Crippen LogP contribution in [0.2, 0.25) is 0 Å². The Morgan fingerprint density at radius 3 is 2.62 bits per heavy atom. The number of carbonyl (C=O) groups is 1. The number of hydrogen-bond donors (Lipinski definition) is 1. The van der Waals surface area contributed by atoms with Crippen molar-refractivity contribution in [3.05, 3.63) is 10.6 Å². The Balaban J connectivity index is 2.29. The van der Waals surface area contributed by atoms with Crippen molar-refractivity contribution in [1.29, 1.82) is 0 Å². The Kier molecular flexibility index (Phi) is 5.62. The number of aromatic nitrogens is 1. The van der Waals surface area contributed by atoms with Crippen molar-refractivity contribution < 1.29 is 9.90 Å². The third-order valence-electron chi connectivity index (χ3n) is 3.94. The van der Waals surface area contributed by atoms with E-state index >= 15 is 0 Å². The zero-order chi connectivity index (χ0) is 15.4. The highest BCUT2D eigenvalue weighted by Crippen LogP contribution is 2.33. The number of carboxylic acids is 1. The molecule has 0 amide bonds. The van der Waals surface area contributed by atoms with Crippen molar-refractivity contribution in [3.8, 4) is 0 Å². The van der Waals surface area contributed by atoms with Gasteiger partial charge in [0.05, 0.1) is 5.69 Å². The molecule has 118 valence electrons. The number of rotatable bonds is 7. The quantitative estimate of drug-likeness (QED) is 0.820. The standard InChI is InChI=1S/C16H26N2O2S/c1-4-7-13-14(15(19)20)21-16(17-13)18(10-11(2)3)12-8-5-6-9-12/h11-12H,4-10H2,1-3H3,(H,19,20). The molecule has 0 saturated heterocycles. The summed E-state index contributed by atoms with van der Waals surface area (Å²) in [6, 6.07) is 0.537. The van der Waals surface area contributed by atoms with Gasteiger partial charge in [-0.05, 0) is 25.2 Å². The lowest BCUT2D eigenvalue weighted by atomic mass is 10.1. The minimum Gasteiger partial charge on any atom is -0.477 e. The predicted molar refractivity (Wildman–Crippen MR) is 87.5 cm³/mol. The van der Waals surface area contributed by atoms with Crippen LogP contribution in [0, 0.1) is 5.92 Å². The van der Waals surface area contributed by atoms with E-state index in [1.54, 1.807) is 0 Å². The molecule has 1 fully saturated rings. The largest absolute Gasteiger partial charge is 0.477 e. The van der Waals surface area contributed by atoms with E-state index in [4.69, 9.17) is 0 Å². The SMILES string of the molecule is CCCc1nc(N(CC(C)C)C2CCCC2)sc1C(=O)O. The number of aromatic carboxylic acids is 1. The second-order valence-corrected chi connectivity index (χ2v) is 7.29. The van der Waals surface area contributed by atoms with Gasteiger partial charge in [-0.2, -0.15) is 0 Å². The van der Waals surface area contributed by atoms with E-state index in [2.05, 4.69) is 30.7 Å². The zero-order valence-corrected chi connectivity index (χ0v) is 14.1. The molecule has 1 heterocycles. The van der Waals surface area contributed by atoms with Crippen molar-refractivity contribution in [1.82, 2.24) is 4.98 Å². The summed E-state index contributed by atoms with van der Waals surface area (Å²) in [4.78, 5) is 18.9. The molecule has 1 N–H and O–H groups in total. The van der Waals surface area contributed by atoms with Gasteiger partial charge in [-0.15, -0.1) is 0 Å². The van der Waals surface area contributed by atoms with Crippen LogP contribution in [0.1, 0.15) is 68.2 Å². The maximum absolute atomic E-state index is 11.4. The summed E-state index contributed by atoms with van der Waals surface area (Å²) in [5.74, 6) is -0.282. The van der Waals surface area contributed by atoms with Gasteiger partial charge < -0.3 is 10.0 Å². The van der Waals surface area contributed by atoms with Crippen molar-refractivity contribution in [2.75, 3.05) is 11.4 Å². The minimum atomic E-state index is -0.835. The molecule has 1 aromatic rings. The summed E-state index contributed by atoms with van der Waals surface area (Å²) in [7, 11) is 0. The molecule has 1 aliphatic carbocycles. The summed E-state index contributed by atoms with van der Waals surface area (Å²) in [5.41, 5.74) is 0.761. The van der Waals surface area contributed by atoms with Crippen LogP contribution in [-0.4, -0.2) is 28.6 Å². The third-order valence-corrected chi connectivity index (χ3v) is 5.06. The fraction of sp³-hybridized carbons (Fsp3) is 0.750.